The maximum absolute atomic E-state index is 10.8. The van der Waals surface area contributed by atoms with Crippen molar-refractivity contribution in [3.8, 4) is 11.5 Å². The quantitative estimate of drug-likeness (QED) is 0.742. The second-order valence-electron chi connectivity index (χ2n) is 3.54. The van der Waals surface area contributed by atoms with E-state index >= 15 is 0 Å². The first-order chi connectivity index (χ1) is 8.01. The van der Waals surface area contributed by atoms with E-state index in [1.54, 1.807) is 7.11 Å². The van der Waals surface area contributed by atoms with Crippen molar-refractivity contribution in [2.45, 2.75) is 6.42 Å². The smallest absolute Gasteiger partial charge is 0.208 e. The third kappa shape index (κ3) is 6.13. The van der Waals surface area contributed by atoms with Crippen LogP contribution in [0.3, 0.4) is 0 Å². The van der Waals surface area contributed by atoms with Gasteiger partial charge in [-0.2, -0.15) is 0 Å². The molecule has 0 atom stereocenters. The number of nitrogens with one attached hydrogen (secondary N) is 1. The van der Waals surface area contributed by atoms with Crippen LogP contribution in [0.2, 0.25) is 0 Å². The number of methoxy groups -OCH3 is 1. The van der Waals surface area contributed by atoms with E-state index in [2.05, 4.69) is 4.72 Å². The molecule has 1 aromatic rings. The van der Waals surface area contributed by atoms with Crippen LogP contribution in [-0.4, -0.2) is 34.9 Å². The van der Waals surface area contributed by atoms with Gasteiger partial charge in [0.05, 0.1) is 20.0 Å². The van der Waals surface area contributed by atoms with Gasteiger partial charge in [0.25, 0.3) is 0 Å². The molecule has 0 radical (unpaired) electrons. The molecule has 6 heteroatoms. The van der Waals surface area contributed by atoms with Crippen molar-refractivity contribution >= 4 is 10.0 Å². The molecule has 0 aromatic heterocycles. The third-order valence-electron chi connectivity index (χ3n) is 2.01. The van der Waals surface area contributed by atoms with Gasteiger partial charge in [-0.3, -0.25) is 0 Å². The molecule has 0 bridgehead atoms. The Morgan fingerprint density at radius 2 is 1.76 bits per heavy atom. The number of hydrogen-bond donors (Lipinski definition) is 1. The lowest BCUT2D eigenvalue weighted by atomic mass is 10.3. The lowest BCUT2D eigenvalue weighted by Gasteiger charge is -2.07. The van der Waals surface area contributed by atoms with Gasteiger partial charge >= 0.3 is 0 Å². The first-order valence-electron chi connectivity index (χ1n) is 5.23. The summed E-state index contributed by atoms with van der Waals surface area (Å²) in [5.41, 5.74) is 0. The van der Waals surface area contributed by atoms with Gasteiger partial charge in [0.2, 0.25) is 10.0 Å². The van der Waals surface area contributed by atoms with Gasteiger partial charge in [0.15, 0.2) is 0 Å². The number of ether oxygens (including phenoxy) is 2. The summed E-state index contributed by atoms with van der Waals surface area (Å²) in [6.45, 7) is 0.851. The summed E-state index contributed by atoms with van der Waals surface area (Å²) in [5, 5.41) is 0. The fourth-order valence-corrected chi connectivity index (χ4v) is 1.71. The van der Waals surface area contributed by atoms with Crippen LogP contribution in [0.5, 0.6) is 11.5 Å². The lowest BCUT2D eigenvalue weighted by Crippen LogP contribution is -2.24. The Kier molecular flexibility index (Phi) is 5.24. The summed E-state index contributed by atoms with van der Waals surface area (Å²) in [6.07, 6.45) is 1.76. The Hall–Kier alpha value is -1.27. The van der Waals surface area contributed by atoms with Crippen LogP contribution in [0, 0.1) is 0 Å². The molecular formula is C11H17NO4S. The van der Waals surface area contributed by atoms with Crippen molar-refractivity contribution in [1.82, 2.24) is 4.72 Å². The molecule has 96 valence electrons. The summed E-state index contributed by atoms with van der Waals surface area (Å²) in [6, 6.07) is 7.24. The largest absolute Gasteiger partial charge is 0.497 e. The van der Waals surface area contributed by atoms with E-state index in [1.807, 2.05) is 24.3 Å². The van der Waals surface area contributed by atoms with Crippen LogP contribution in [0.1, 0.15) is 6.42 Å². The SMILES string of the molecule is COc1ccc(OCCCNS(C)(=O)=O)cc1. The van der Waals surface area contributed by atoms with Gasteiger partial charge in [-0.15, -0.1) is 0 Å². The molecule has 0 aliphatic heterocycles. The van der Waals surface area contributed by atoms with Crippen molar-refractivity contribution in [2.75, 3.05) is 26.5 Å². The van der Waals surface area contributed by atoms with Crippen molar-refractivity contribution in [2.24, 2.45) is 0 Å². The Labute approximate surface area is 102 Å². The highest BCUT2D eigenvalue weighted by Crippen LogP contribution is 2.16. The minimum absolute atomic E-state index is 0.384. The number of sulfonamides is 1. The van der Waals surface area contributed by atoms with Crippen molar-refractivity contribution in [1.29, 1.82) is 0 Å². The molecule has 0 heterocycles. The number of hydrogen-bond acceptors (Lipinski definition) is 4. The third-order valence-corrected chi connectivity index (χ3v) is 2.74. The van der Waals surface area contributed by atoms with E-state index in [9.17, 15) is 8.42 Å². The zero-order valence-corrected chi connectivity index (χ0v) is 10.8. The standard InChI is InChI=1S/C11H17NO4S/c1-15-10-4-6-11(7-5-10)16-9-3-8-12-17(2,13)14/h4-7,12H,3,8-9H2,1-2H3. The molecule has 17 heavy (non-hydrogen) atoms. The number of rotatable bonds is 7. The maximum atomic E-state index is 10.8. The molecule has 1 rings (SSSR count). The van der Waals surface area contributed by atoms with E-state index < -0.39 is 10.0 Å². The second-order valence-corrected chi connectivity index (χ2v) is 5.38. The summed E-state index contributed by atoms with van der Waals surface area (Å²) >= 11 is 0. The zero-order chi connectivity index (χ0) is 12.7. The second kappa shape index (κ2) is 6.46. The first-order valence-corrected chi connectivity index (χ1v) is 7.12. The molecule has 1 N–H and O–H groups in total. The molecule has 0 spiro atoms. The van der Waals surface area contributed by atoms with Crippen LogP contribution in [0.25, 0.3) is 0 Å². The van der Waals surface area contributed by atoms with Crippen LogP contribution >= 0.6 is 0 Å². The normalized spacial score (nSPS) is 11.2. The summed E-state index contributed by atoms with van der Waals surface area (Å²) < 4.78 is 34.4. The zero-order valence-electron chi connectivity index (χ0n) is 9.97. The average Bonchev–Trinajstić information content (AvgIpc) is 2.28. The van der Waals surface area contributed by atoms with Crippen LogP contribution in [-0.2, 0) is 10.0 Å². The molecule has 0 aliphatic rings. The fourth-order valence-electron chi connectivity index (χ4n) is 1.19. The molecule has 0 amide bonds. The van der Waals surface area contributed by atoms with Crippen LogP contribution in [0.15, 0.2) is 24.3 Å². The van der Waals surface area contributed by atoms with E-state index in [-0.39, 0.29) is 0 Å². The highest BCUT2D eigenvalue weighted by Gasteiger charge is 1.99. The van der Waals surface area contributed by atoms with Crippen LogP contribution in [0.4, 0.5) is 0 Å². The minimum atomic E-state index is -3.10. The summed E-state index contributed by atoms with van der Waals surface area (Å²) in [5.74, 6) is 1.52. The Morgan fingerprint density at radius 1 is 1.18 bits per heavy atom. The van der Waals surface area contributed by atoms with Gasteiger partial charge in [0, 0.05) is 6.54 Å². The van der Waals surface area contributed by atoms with E-state index in [1.165, 1.54) is 0 Å². The molecule has 0 saturated carbocycles. The molecule has 0 saturated heterocycles. The van der Waals surface area contributed by atoms with Crippen molar-refractivity contribution in [3.05, 3.63) is 24.3 Å². The predicted octanol–water partition coefficient (Wildman–Crippen LogP) is 1.01. The Balaban J connectivity index is 2.22. The van der Waals surface area contributed by atoms with Gasteiger partial charge in [-0.25, -0.2) is 13.1 Å². The predicted molar refractivity (Wildman–Crippen MR) is 66.0 cm³/mol. The molecule has 0 fully saturated rings. The maximum Gasteiger partial charge on any atom is 0.208 e. The molecule has 0 unspecified atom stereocenters. The topological polar surface area (TPSA) is 64.6 Å². The molecular weight excluding hydrogens is 242 g/mol. The van der Waals surface area contributed by atoms with Gasteiger partial charge in [-0.1, -0.05) is 0 Å². The highest BCUT2D eigenvalue weighted by molar-refractivity contribution is 7.88. The van der Waals surface area contributed by atoms with Gasteiger partial charge < -0.3 is 9.47 Å². The van der Waals surface area contributed by atoms with E-state index in [4.69, 9.17) is 9.47 Å². The highest BCUT2D eigenvalue weighted by atomic mass is 32.2. The molecule has 0 aliphatic carbocycles. The molecule has 5 nitrogen and oxygen atoms in total. The van der Waals surface area contributed by atoms with E-state index in [0.717, 1.165) is 17.8 Å². The average molecular weight is 259 g/mol. The molecule has 1 aromatic carbocycles. The summed E-state index contributed by atoms with van der Waals surface area (Å²) in [4.78, 5) is 0. The summed E-state index contributed by atoms with van der Waals surface area (Å²) in [7, 11) is -1.50. The number of benzene rings is 1. The van der Waals surface area contributed by atoms with E-state index in [0.29, 0.717) is 19.6 Å². The first kappa shape index (κ1) is 13.8. The van der Waals surface area contributed by atoms with Gasteiger partial charge in [-0.05, 0) is 30.7 Å². The lowest BCUT2D eigenvalue weighted by molar-refractivity contribution is 0.311. The Bertz CT molecular complexity index is 427. The van der Waals surface area contributed by atoms with Crippen molar-refractivity contribution in [3.63, 3.8) is 0 Å². The van der Waals surface area contributed by atoms with Crippen molar-refractivity contribution < 1.29 is 17.9 Å². The minimum Gasteiger partial charge on any atom is -0.497 e. The van der Waals surface area contributed by atoms with Crippen LogP contribution < -0.4 is 14.2 Å². The fraction of sp³-hybridized carbons (Fsp3) is 0.455. The van der Waals surface area contributed by atoms with Gasteiger partial charge in [0.1, 0.15) is 11.5 Å². The Morgan fingerprint density at radius 3 is 2.29 bits per heavy atom. The monoisotopic (exact) mass is 259 g/mol.